The monoisotopic (exact) mass is 366 g/mol. The molecule has 0 aromatic heterocycles. The van der Waals surface area contributed by atoms with E-state index in [-0.39, 0.29) is 29.7 Å². The zero-order valence-corrected chi connectivity index (χ0v) is 17.4. The summed E-state index contributed by atoms with van der Waals surface area (Å²) in [5.41, 5.74) is 1.17. The van der Waals surface area contributed by atoms with Crippen molar-refractivity contribution in [3.8, 4) is 0 Å². The lowest BCUT2D eigenvalue weighted by Crippen LogP contribution is -2.25. The van der Waals surface area contributed by atoms with Gasteiger partial charge in [-0.2, -0.15) is 0 Å². The first kappa shape index (κ1) is 22.7. The van der Waals surface area contributed by atoms with Crippen molar-refractivity contribution in [1.82, 2.24) is 0 Å². The molecule has 1 saturated carbocycles. The van der Waals surface area contributed by atoms with Crippen LogP contribution in [-0.2, 0) is 19.1 Å². The standard InChI is InChI=1S/C22H38O4/c1-6-7-13-19(21(23)25-14-16(2)3)20(18-11-9-8-10-12-18)22(24)26-15-17(4)5/h16-18H,6-15H2,1-5H3. The van der Waals surface area contributed by atoms with Crippen molar-refractivity contribution in [2.24, 2.45) is 17.8 Å². The molecule has 4 nitrogen and oxygen atoms in total. The van der Waals surface area contributed by atoms with E-state index < -0.39 is 0 Å². The van der Waals surface area contributed by atoms with Gasteiger partial charge in [-0.05, 0) is 43.4 Å². The third-order valence-electron chi connectivity index (χ3n) is 4.68. The highest BCUT2D eigenvalue weighted by Gasteiger charge is 2.31. The van der Waals surface area contributed by atoms with Crippen LogP contribution in [0, 0.1) is 17.8 Å². The fourth-order valence-corrected chi connectivity index (χ4v) is 3.28. The third-order valence-corrected chi connectivity index (χ3v) is 4.68. The van der Waals surface area contributed by atoms with Gasteiger partial charge in [0.15, 0.2) is 0 Å². The molecule has 0 N–H and O–H groups in total. The van der Waals surface area contributed by atoms with Crippen LogP contribution in [0.2, 0.25) is 0 Å². The van der Waals surface area contributed by atoms with Crippen LogP contribution in [0.1, 0.15) is 86.0 Å². The van der Waals surface area contributed by atoms with Crippen molar-refractivity contribution >= 4 is 11.9 Å². The van der Waals surface area contributed by atoms with Crippen LogP contribution in [0.25, 0.3) is 0 Å². The molecule has 0 spiro atoms. The number of hydrogen-bond acceptors (Lipinski definition) is 4. The second kappa shape index (κ2) is 12.1. The van der Waals surface area contributed by atoms with Crippen molar-refractivity contribution in [3.63, 3.8) is 0 Å². The number of hydrogen-bond donors (Lipinski definition) is 0. The summed E-state index contributed by atoms with van der Waals surface area (Å²) >= 11 is 0. The van der Waals surface area contributed by atoms with Gasteiger partial charge >= 0.3 is 11.9 Å². The highest BCUT2D eigenvalue weighted by molar-refractivity contribution is 6.00. The molecule has 0 heterocycles. The van der Waals surface area contributed by atoms with Crippen molar-refractivity contribution < 1.29 is 19.1 Å². The fourth-order valence-electron chi connectivity index (χ4n) is 3.28. The maximum absolute atomic E-state index is 12.9. The number of carbonyl (C=O) groups is 2. The van der Waals surface area contributed by atoms with Crippen LogP contribution >= 0.6 is 0 Å². The number of rotatable bonds is 10. The van der Waals surface area contributed by atoms with Crippen LogP contribution in [0.4, 0.5) is 0 Å². The summed E-state index contributed by atoms with van der Waals surface area (Å²) in [7, 11) is 0. The Balaban J connectivity index is 3.15. The maximum atomic E-state index is 12.9. The smallest absolute Gasteiger partial charge is 0.334 e. The molecule has 0 saturated heterocycles. The lowest BCUT2D eigenvalue weighted by molar-refractivity contribution is -0.144. The van der Waals surface area contributed by atoms with Crippen molar-refractivity contribution in [2.45, 2.75) is 86.0 Å². The lowest BCUT2D eigenvalue weighted by atomic mass is 9.81. The predicted octanol–water partition coefficient (Wildman–Crippen LogP) is 5.45. The second-order valence-corrected chi connectivity index (χ2v) is 8.32. The Hall–Kier alpha value is -1.32. The zero-order chi connectivity index (χ0) is 19.5. The zero-order valence-electron chi connectivity index (χ0n) is 17.4. The van der Waals surface area contributed by atoms with Crippen LogP contribution in [-0.4, -0.2) is 25.2 Å². The summed E-state index contributed by atoms with van der Waals surface area (Å²) in [6.45, 7) is 10.9. The molecule has 0 unspecified atom stereocenters. The molecule has 0 bridgehead atoms. The van der Waals surface area contributed by atoms with Gasteiger partial charge in [-0.15, -0.1) is 0 Å². The quantitative estimate of drug-likeness (QED) is 0.381. The number of esters is 2. The molecule has 0 aromatic carbocycles. The van der Waals surface area contributed by atoms with Crippen molar-refractivity contribution in [1.29, 1.82) is 0 Å². The molecule has 1 aliphatic rings. The van der Waals surface area contributed by atoms with Crippen LogP contribution < -0.4 is 0 Å². The molecule has 1 fully saturated rings. The average molecular weight is 367 g/mol. The Kier molecular flexibility index (Phi) is 10.6. The van der Waals surface area contributed by atoms with Gasteiger partial charge in [-0.1, -0.05) is 60.3 Å². The number of unbranched alkanes of at least 4 members (excludes halogenated alkanes) is 1. The Labute approximate surface area is 159 Å². The van der Waals surface area contributed by atoms with E-state index in [0.717, 1.165) is 38.5 Å². The van der Waals surface area contributed by atoms with E-state index >= 15 is 0 Å². The van der Waals surface area contributed by atoms with E-state index in [4.69, 9.17) is 9.47 Å². The molecule has 26 heavy (non-hydrogen) atoms. The topological polar surface area (TPSA) is 52.6 Å². The minimum absolute atomic E-state index is 0.127. The van der Waals surface area contributed by atoms with Gasteiger partial charge in [-0.25, -0.2) is 9.59 Å². The largest absolute Gasteiger partial charge is 0.462 e. The summed E-state index contributed by atoms with van der Waals surface area (Å²) in [5, 5.41) is 0. The van der Waals surface area contributed by atoms with E-state index in [1.807, 2.05) is 27.7 Å². The van der Waals surface area contributed by atoms with Crippen molar-refractivity contribution in [3.05, 3.63) is 11.1 Å². The van der Waals surface area contributed by atoms with E-state index in [9.17, 15) is 9.59 Å². The van der Waals surface area contributed by atoms with Gasteiger partial charge in [0.05, 0.1) is 18.8 Å². The van der Waals surface area contributed by atoms with Gasteiger partial charge in [0.25, 0.3) is 0 Å². The Morgan fingerprint density at radius 3 is 1.92 bits per heavy atom. The summed E-state index contributed by atoms with van der Waals surface area (Å²) in [6.07, 6.45) is 7.77. The summed E-state index contributed by atoms with van der Waals surface area (Å²) in [4.78, 5) is 25.7. The van der Waals surface area contributed by atoms with Gasteiger partial charge in [-0.3, -0.25) is 0 Å². The van der Waals surface area contributed by atoms with Gasteiger partial charge in [0.1, 0.15) is 0 Å². The lowest BCUT2D eigenvalue weighted by Gasteiger charge is -2.26. The highest BCUT2D eigenvalue weighted by atomic mass is 16.5. The highest BCUT2D eigenvalue weighted by Crippen LogP contribution is 2.34. The van der Waals surface area contributed by atoms with Crippen molar-refractivity contribution in [2.75, 3.05) is 13.2 Å². The molecule has 1 rings (SSSR count). The molecule has 150 valence electrons. The van der Waals surface area contributed by atoms with E-state index in [1.54, 1.807) is 0 Å². The molecule has 0 aromatic rings. The van der Waals surface area contributed by atoms with E-state index in [0.29, 0.717) is 30.8 Å². The molecule has 0 amide bonds. The Bertz CT molecular complexity index is 471. The van der Waals surface area contributed by atoms with Gasteiger partial charge in [0, 0.05) is 5.57 Å². The molecule has 4 heteroatoms. The maximum Gasteiger partial charge on any atom is 0.334 e. The van der Waals surface area contributed by atoms with Crippen LogP contribution in [0.5, 0.6) is 0 Å². The van der Waals surface area contributed by atoms with E-state index in [2.05, 4.69) is 6.92 Å². The Morgan fingerprint density at radius 1 is 0.885 bits per heavy atom. The fraction of sp³-hybridized carbons (Fsp3) is 0.818. The first-order valence-corrected chi connectivity index (χ1v) is 10.4. The predicted molar refractivity (Wildman–Crippen MR) is 105 cm³/mol. The normalized spacial score (nSPS) is 16.6. The third kappa shape index (κ3) is 7.92. The summed E-state index contributed by atoms with van der Waals surface area (Å²) < 4.78 is 11.1. The Morgan fingerprint density at radius 2 is 1.42 bits per heavy atom. The molecule has 0 atom stereocenters. The van der Waals surface area contributed by atoms with Gasteiger partial charge < -0.3 is 9.47 Å². The first-order chi connectivity index (χ1) is 12.4. The molecule has 1 aliphatic carbocycles. The molecular weight excluding hydrogens is 328 g/mol. The number of ether oxygens (including phenoxy) is 2. The average Bonchev–Trinajstić information content (AvgIpc) is 2.61. The number of carbonyl (C=O) groups excluding carboxylic acids is 2. The molecule has 0 aliphatic heterocycles. The summed E-state index contributed by atoms with van der Waals surface area (Å²) in [5.74, 6) is 0.0465. The molecular formula is C22H38O4. The molecule has 0 radical (unpaired) electrons. The van der Waals surface area contributed by atoms with Gasteiger partial charge in [0.2, 0.25) is 0 Å². The minimum Gasteiger partial charge on any atom is -0.462 e. The minimum atomic E-state index is -0.325. The van der Waals surface area contributed by atoms with Crippen LogP contribution in [0.3, 0.4) is 0 Å². The van der Waals surface area contributed by atoms with E-state index in [1.165, 1.54) is 6.42 Å². The van der Waals surface area contributed by atoms with Crippen LogP contribution in [0.15, 0.2) is 11.1 Å². The second-order valence-electron chi connectivity index (χ2n) is 8.32. The SMILES string of the molecule is CCCCC(C(=O)OCC(C)C)=C(C(=O)OCC(C)C)C1CCCCC1. The summed E-state index contributed by atoms with van der Waals surface area (Å²) in [6, 6.07) is 0. The first-order valence-electron chi connectivity index (χ1n) is 10.4.